The van der Waals surface area contributed by atoms with Gasteiger partial charge in [0.25, 0.3) is 0 Å². The van der Waals surface area contributed by atoms with E-state index in [4.69, 9.17) is 4.74 Å². The number of benzene rings is 1. The fraction of sp³-hybridized carbons (Fsp3) is 0.286. The minimum atomic E-state index is 0.00194. The minimum absolute atomic E-state index is 0.00194. The van der Waals surface area contributed by atoms with Crippen LogP contribution in [0.4, 0.5) is 0 Å². The molecule has 0 spiro atoms. The number of hydrogen-bond donors (Lipinski definition) is 1. The summed E-state index contributed by atoms with van der Waals surface area (Å²) < 4.78 is 6.82. The normalized spacial score (nSPS) is 14.4. The lowest BCUT2D eigenvalue weighted by Gasteiger charge is -2.26. The first-order chi connectivity index (χ1) is 8.77. The Hall–Kier alpha value is -0.680. The zero-order valence-electron chi connectivity index (χ0n) is 10.4. The third kappa shape index (κ3) is 2.83. The summed E-state index contributed by atoms with van der Waals surface area (Å²) in [6, 6.07) is 10.4. The Kier molecular flexibility index (Phi) is 4.95. The smallest absolute Gasteiger partial charge is 0.102 e. The number of halogens is 1. The van der Waals surface area contributed by atoms with Gasteiger partial charge in [0.2, 0.25) is 0 Å². The van der Waals surface area contributed by atoms with E-state index in [0.29, 0.717) is 0 Å². The summed E-state index contributed by atoms with van der Waals surface area (Å²) in [6.07, 6.45) is 0.00194. The van der Waals surface area contributed by atoms with E-state index in [-0.39, 0.29) is 12.1 Å². The van der Waals surface area contributed by atoms with E-state index in [0.717, 1.165) is 4.47 Å². The molecule has 0 radical (unpaired) electrons. The molecular formula is C14H16BrNOS. The summed E-state index contributed by atoms with van der Waals surface area (Å²) in [5, 5.41) is 7.59. The lowest BCUT2D eigenvalue weighted by Crippen LogP contribution is -2.25. The van der Waals surface area contributed by atoms with Gasteiger partial charge >= 0.3 is 0 Å². The van der Waals surface area contributed by atoms with Gasteiger partial charge in [-0.15, -0.1) is 0 Å². The first-order valence-electron chi connectivity index (χ1n) is 5.74. The molecule has 1 aromatic heterocycles. The molecule has 0 saturated heterocycles. The van der Waals surface area contributed by atoms with Crippen molar-refractivity contribution in [2.24, 2.45) is 0 Å². The van der Waals surface area contributed by atoms with E-state index >= 15 is 0 Å². The zero-order valence-corrected chi connectivity index (χ0v) is 12.8. The summed E-state index contributed by atoms with van der Waals surface area (Å²) in [4.78, 5) is 0. The Morgan fingerprint density at radius 2 is 1.94 bits per heavy atom. The van der Waals surface area contributed by atoms with Gasteiger partial charge in [0.05, 0.1) is 6.04 Å². The number of likely N-dealkylation sites (N-methyl/N-ethyl adjacent to an activating group) is 1. The lowest BCUT2D eigenvalue weighted by molar-refractivity contribution is 0.0701. The average molecular weight is 326 g/mol. The molecule has 18 heavy (non-hydrogen) atoms. The lowest BCUT2D eigenvalue weighted by atomic mass is 9.98. The molecule has 2 rings (SSSR count). The summed E-state index contributed by atoms with van der Waals surface area (Å²) >= 11 is 5.28. The van der Waals surface area contributed by atoms with Gasteiger partial charge in [0.1, 0.15) is 6.10 Å². The van der Waals surface area contributed by atoms with E-state index in [1.54, 1.807) is 18.4 Å². The monoisotopic (exact) mass is 325 g/mol. The van der Waals surface area contributed by atoms with Crippen molar-refractivity contribution in [3.8, 4) is 0 Å². The first-order valence-corrected chi connectivity index (χ1v) is 7.48. The van der Waals surface area contributed by atoms with Crippen molar-refractivity contribution in [3.63, 3.8) is 0 Å². The van der Waals surface area contributed by atoms with Crippen molar-refractivity contribution in [1.82, 2.24) is 5.32 Å². The van der Waals surface area contributed by atoms with Crippen LogP contribution in [0, 0.1) is 0 Å². The molecule has 4 heteroatoms. The molecule has 2 atom stereocenters. The van der Waals surface area contributed by atoms with E-state index in [1.807, 2.05) is 25.2 Å². The van der Waals surface area contributed by atoms with E-state index in [9.17, 15) is 0 Å². The zero-order chi connectivity index (χ0) is 13.0. The van der Waals surface area contributed by atoms with Crippen LogP contribution >= 0.6 is 27.3 Å². The van der Waals surface area contributed by atoms with Gasteiger partial charge in [-0.2, -0.15) is 11.3 Å². The molecule has 0 fully saturated rings. The van der Waals surface area contributed by atoms with Gasteiger partial charge < -0.3 is 10.1 Å². The maximum atomic E-state index is 5.69. The fourth-order valence-corrected chi connectivity index (χ4v) is 3.67. The highest BCUT2D eigenvalue weighted by Gasteiger charge is 2.25. The number of thiophene rings is 1. The number of hydrogen-bond acceptors (Lipinski definition) is 3. The average Bonchev–Trinajstić information content (AvgIpc) is 2.83. The molecule has 2 nitrogen and oxygen atoms in total. The highest BCUT2D eigenvalue weighted by Crippen LogP contribution is 2.36. The van der Waals surface area contributed by atoms with Gasteiger partial charge in [-0.05, 0) is 39.5 Å². The maximum Gasteiger partial charge on any atom is 0.102 e. The Labute approximate surface area is 120 Å². The quantitative estimate of drug-likeness (QED) is 0.891. The van der Waals surface area contributed by atoms with Crippen LogP contribution in [-0.4, -0.2) is 14.2 Å². The minimum Gasteiger partial charge on any atom is -0.375 e. The molecule has 0 aliphatic carbocycles. The van der Waals surface area contributed by atoms with Crippen LogP contribution in [0.15, 0.2) is 45.6 Å². The Morgan fingerprint density at radius 1 is 1.22 bits per heavy atom. The fourth-order valence-electron chi connectivity index (χ4n) is 2.09. The second kappa shape index (κ2) is 6.48. The predicted molar refractivity (Wildman–Crippen MR) is 80.0 cm³/mol. The summed E-state index contributed by atoms with van der Waals surface area (Å²) in [5.74, 6) is 0. The van der Waals surface area contributed by atoms with Gasteiger partial charge in [-0.1, -0.05) is 30.3 Å². The molecule has 1 aromatic carbocycles. The number of ether oxygens (including phenoxy) is 1. The van der Waals surface area contributed by atoms with Gasteiger partial charge in [-0.25, -0.2) is 0 Å². The largest absolute Gasteiger partial charge is 0.375 e. The molecule has 0 aliphatic heterocycles. The van der Waals surface area contributed by atoms with Gasteiger partial charge in [0, 0.05) is 17.0 Å². The molecule has 0 bridgehead atoms. The molecule has 2 aromatic rings. The van der Waals surface area contributed by atoms with Gasteiger partial charge in [0.15, 0.2) is 0 Å². The number of nitrogens with one attached hydrogen (secondary N) is 1. The van der Waals surface area contributed by atoms with E-state index in [2.05, 4.69) is 44.1 Å². The Morgan fingerprint density at radius 3 is 2.44 bits per heavy atom. The molecule has 96 valence electrons. The first kappa shape index (κ1) is 13.7. The SMILES string of the molecule is CNC(c1cscc1Br)C(OC)c1ccccc1. The van der Waals surface area contributed by atoms with Crippen molar-refractivity contribution < 1.29 is 4.74 Å². The van der Waals surface area contributed by atoms with Crippen molar-refractivity contribution in [2.75, 3.05) is 14.2 Å². The third-order valence-electron chi connectivity index (χ3n) is 2.97. The van der Waals surface area contributed by atoms with Crippen LogP contribution < -0.4 is 5.32 Å². The van der Waals surface area contributed by atoms with Crippen LogP contribution in [-0.2, 0) is 4.74 Å². The molecule has 1 heterocycles. The predicted octanol–water partition coefficient (Wildman–Crippen LogP) is 4.16. The highest BCUT2D eigenvalue weighted by molar-refractivity contribution is 9.10. The van der Waals surface area contributed by atoms with Crippen molar-refractivity contribution in [1.29, 1.82) is 0 Å². The van der Waals surface area contributed by atoms with Crippen LogP contribution in [0.5, 0.6) is 0 Å². The van der Waals surface area contributed by atoms with Crippen molar-refractivity contribution in [3.05, 3.63) is 56.7 Å². The summed E-state index contributed by atoms with van der Waals surface area (Å²) in [6.45, 7) is 0. The molecule has 0 amide bonds. The van der Waals surface area contributed by atoms with Crippen LogP contribution in [0.25, 0.3) is 0 Å². The van der Waals surface area contributed by atoms with E-state index in [1.165, 1.54) is 11.1 Å². The summed E-state index contributed by atoms with van der Waals surface area (Å²) in [5.41, 5.74) is 2.41. The molecule has 2 unspecified atom stereocenters. The second-order valence-corrected chi connectivity index (χ2v) is 5.61. The highest BCUT2D eigenvalue weighted by atomic mass is 79.9. The van der Waals surface area contributed by atoms with Crippen LogP contribution in [0.2, 0.25) is 0 Å². The number of methoxy groups -OCH3 is 1. The van der Waals surface area contributed by atoms with Crippen LogP contribution in [0.1, 0.15) is 23.3 Å². The standard InChI is InChI=1S/C14H16BrNOS/c1-16-13(11-8-18-9-12(11)15)14(17-2)10-6-4-3-5-7-10/h3-9,13-14,16H,1-2H3. The molecule has 0 saturated carbocycles. The van der Waals surface area contributed by atoms with Crippen LogP contribution in [0.3, 0.4) is 0 Å². The second-order valence-electron chi connectivity index (χ2n) is 4.01. The molecule has 1 N–H and O–H groups in total. The molecular weight excluding hydrogens is 310 g/mol. The van der Waals surface area contributed by atoms with E-state index < -0.39 is 0 Å². The molecule has 0 aliphatic rings. The number of rotatable bonds is 5. The van der Waals surface area contributed by atoms with Crippen molar-refractivity contribution >= 4 is 27.3 Å². The topological polar surface area (TPSA) is 21.3 Å². The Balaban J connectivity index is 2.34. The summed E-state index contributed by atoms with van der Waals surface area (Å²) in [7, 11) is 3.71. The third-order valence-corrected chi connectivity index (χ3v) is 4.72. The maximum absolute atomic E-state index is 5.69. The van der Waals surface area contributed by atoms with Crippen molar-refractivity contribution in [2.45, 2.75) is 12.1 Å². The Bertz CT molecular complexity index is 486. The van der Waals surface area contributed by atoms with Gasteiger partial charge in [-0.3, -0.25) is 0 Å².